The summed E-state index contributed by atoms with van der Waals surface area (Å²) in [4.78, 5) is 13.7. The van der Waals surface area contributed by atoms with Crippen LogP contribution in [0.1, 0.15) is 18.9 Å². The lowest BCUT2D eigenvalue weighted by atomic mass is 10.0. The van der Waals surface area contributed by atoms with E-state index in [1.165, 1.54) is 0 Å². The number of amides is 1. The first kappa shape index (κ1) is 11.3. The van der Waals surface area contributed by atoms with Gasteiger partial charge in [0.2, 0.25) is 5.91 Å². The van der Waals surface area contributed by atoms with Crippen LogP contribution in [0, 0.1) is 6.92 Å². The second-order valence-electron chi connectivity index (χ2n) is 4.07. The Labute approximate surface area is 100 Å². The lowest BCUT2D eigenvalue weighted by molar-refractivity contribution is -0.119. The van der Waals surface area contributed by atoms with Crippen LogP contribution in [0.5, 0.6) is 0 Å². The molecule has 4 heteroatoms. The summed E-state index contributed by atoms with van der Waals surface area (Å²) < 4.78 is 0. The maximum absolute atomic E-state index is 12.0. The number of carbonyl (C=O) groups is 1. The molecule has 0 spiro atoms. The SMILES string of the molecule is CCC1Nc2ccc(Cl)c(C)c2N(C)C1=O. The van der Waals surface area contributed by atoms with Gasteiger partial charge in [0, 0.05) is 12.1 Å². The molecule has 0 aliphatic carbocycles. The maximum atomic E-state index is 12.0. The van der Waals surface area contributed by atoms with Crippen LogP contribution in [0.25, 0.3) is 0 Å². The van der Waals surface area contributed by atoms with Crippen molar-refractivity contribution in [3.8, 4) is 0 Å². The van der Waals surface area contributed by atoms with Gasteiger partial charge in [0.25, 0.3) is 0 Å². The molecule has 0 saturated heterocycles. The zero-order valence-electron chi connectivity index (χ0n) is 9.67. The molecule has 0 saturated carbocycles. The Balaban J connectivity index is 2.55. The highest BCUT2D eigenvalue weighted by Gasteiger charge is 2.30. The molecule has 86 valence electrons. The second kappa shape index (κ2) is 3.98. The Morgan fingerprint density at radius 1 is 1.50 bits per heavy atom. The molecule has 1 aliphatic heterocycles. The van der Waals surface area contributed by atoms with Crippen LogP contribution in [-0.2, 0) is 4.79 Å². The maximum Gasteiger partial charge on any atom is 0.249 e. The summed E-state index contributed by atoms with van der Waals surface area (Å²) in [5.74, 6) is 0.0976. The number of anilines is 2. The molecule has 1 atom stereocenters. The summed E-state index contributed by atoms with van der Waals surface area (Å²) >= 11 is 6.06. The Morgan fingerprint density at radius 2 is 2.19 bits per heavy atom. The van der Waals surface area contributed by atoms with Gasteiger partial charge in [-0.25, -0.2) is 0 Å². The van der Waals surface area contributed by atoms with Crippen molar-refractivity contribution < 1.29 is 4.79 Å². The van der Waals surface area contributed by atoms with Gasteiger partial charge in [-0.05, 0) is 31.0 Å². The zero-order chi connectivity index (χ0) is 11.9. The van der Waals surface area contributed by atoms with Crippen LogP contribution in [0.15, 0.2) is 12.1 Å². The number of nitrogens with one attached hydrogen (secondary N) is 1. The van der Waals surface area contributed by atoms with E-state index in [0.717, 1.165) is 23.4 Å². The number of likely N-dealkylation sites (N-methyl/N-ethyl adjacent to an activating group) is 1. The predicted molar refractivity (Wildman–Crippen MR) is 67.3 cm³/mol. The summed E-state index contributed by atoms with van der Waals surface area (Å²) in [5.41, 5.74) is 2.81. The molecule has 1 aromatic carbocycles. The van der Waals surface area contributed by atoms with E-state index in [1.807, 2.05) is 26.0 Å². The number of carbonyl (C=O) groups excluding carboxylic acids is 1. The van der Waals surface area contributed by atoms with E-state index in [2.05, 4.69) is 5.32 Å². The average molecular weight is 239 g/mol. The highest BCUT2D eigenvalue weighted by Crippen LogP contribution is 2.37. The minimum atomic E-state index is -0.127. The Hall–Kier alpha value is -1.22. The monoisotopic (exact) mass is 238 g/mol. The summed E-state index contributed by atoms with van der Waals surface area (Å²) in [7, 11) is 1.80. The molecule has 1 heterocycles. The molecule has 1 N–H and O–H groups in total. The number of hydrogen-bond donors (Lipinski definition) is 1. The fourth-order valence-corrected chi connectivity index (χ4v) is 2.25. The molecule has 3 nitrogen and oxygen atoms in total. The third-order valence-electron chi connectivity index (χ3n) is 3.07. The smallest absolute Gasteiger partial charge is 0.249 e. The molecule has 0 bridgehead atoms. The topological polar surface area (TPSA) is 32.3 Å². The lowest BCUT2D eigenvalue weighted by Gasteiger charge is -2.34. The van der Waals surface area contributed by atoms with Gasteiger partial charge in [0.15, 0.2) is 0 Å². The Bertz CT molecular complexity index is 445. The van der Waals surface area contributed by atoms with Crippen molar-refractivity contribution in [3.05, 3.63) is 22.7 Å². The molecule has 0 aromatic heterocycles. The third kappa shape index (κ3) is 1.55. The van der Waals surface area contributed by atoms with Gasteiger partial charge in [-0.3, -0.25) is 4.79 Å². The molecule has 0 radical (unpaired) electrons. The van der Waals surface area contributed by atoms with E-state index >= 15 is 0 Å². The fraction of sp³-hybridized carbons (Fsp3) is 0.417. The van der Waals surface area contributed by atoms with Crippen molar-refractivity contribution >= 4 is 28.9 Å². The molecular weight excluding hydrogens is 224 g/mol. The van der Waals surface area contributed by atoms with E-state index in [1.54, 1.807) is 11.9 Å². The van der Waals surface area contributed by atoms with Crippen molar-refractivity contribution in [2.24, 2.45) is 0 Å². The summed E-state index contributed by atoms with van der Waals surface area (Å²) in [6.07, 6.45) is 0.782. The minimum Gasteiger partial charge on any atom is -0.372 e. The number of fused-ring (bicyclic) bond motifs is 1. The Morgan fingerprint density at radius 3 is 2.81 bits per heavy atom. The quantitative estimate of drug-likeness (QED) is 0.816. The Kier molecular flexibility index (Phi) is 2.80. The van der Waals surface area contributed by atoms with E-state index in [4.69, 9.17) is 11.6 Å². The van der Waals surface area contributed by atoms with Crippen molar-refractivity contribution in [1.29, 1.82) is 0 Å². The van der Waals surface area contributed by atoms with Crippen LogP contribution in [-0.4, -0.2) is 19.0 Å². The third-order valence-corrected chi connectivity index (χ3v) is 3.48. The number of nitrogens with zero attached hydrogens (tertiary/aromatic N) is 1. The largest absolute Gasteiger partial charge is 0.372 e. The van der Waals surface area contributed by atoms with Gasteiger partial charge in [0.1, 0.15) is 6.04 Å². The van der Waals surface area contributed by atoms with Crippen molar-refractivity contribution in [2.45, 2.75) is 26.3 Å². The first-order valence-electron chi connectivity index (χ1n) is 5.39. The van der Waals surface area contributed by atoms with E-state index in [-0.39, 0.29) is 11.9 Å². The van der Waals surface area contributed by atoms with Gasteiger partial charge in [-0.2, -0.15) is 0 Å². The second-order valence-corrected chi connectivity index (χ2v) is 4.48. The van der Waals surface area contributed by atoms with Gasteiger partial charge in [-0.15, -0.1) is 0 Å². The molecule has 16 heavy (non-hydrogen) atoms. The summed E-state index contributed by atoms with van der Waals surface area (Å²) in [5, 5.41) is 3.93. The zero-order valence-corrected chi connectivity index (χ0v) is 10.4. The van der Waals surface area contributed by atoms with Crippen LogP contribution in [0.2, 0.25) is 5.02 Å². The van der Waals surface area contributed by atoms with Crippen molar-refractivity contribution in [2.75, 3.05) is 17.3 Å². The van der Waals surface area contributed by atoms with Crippen molar-refractivity contribution in [1.82, 2.24) is 0 Å². The predicted octanol–water partition coefficient (Wildman–Crippen LogP) is 2.82. The van der Waals surface area contributed by atoms with Crippen LogP contribution >= 0.6 is 11.6 Å². The van der Waals surface area contributed by atoms with Gasteiger partial charge in [-0.1, -0.05) is 18.5 Å². The lowest BCUT2D eigenvalue weighted by Crippen LogP contribution is -2.45. The molecule has 1 amide bonds. The molecule has 1 aliphatic rings. The van der Waals surface area contributed by atoms with E-state index in [9.17, 15) is 4.79 Å². The van der Waals surface area contributed by atoms with Crippen molar-refractivity contribution in [3.63, 3.8) is 0 Å². The molecule has 1 aromatic rings. The van der Waals surface area contributed by atoms with Crippen LogP contribution < -0.4 is 10.2 Å². The minimum absolute atomic E-state index is 0.0976. The normalized spacial score (nSPS) is 19.4. The first-order valence-corrected chi connectivity index (χ1v) is 5.77. The summed E-state index contributed by atoms with van der Waals surface area (Å²) in [6, 6.07) is 3.66. The van der Waals surface area contributed by atoms with E-state index in [0.29, 0.717) is 5.02 Å². The number of hydrogen-bond acceptors (Lipinski definition) is 2. The van der Waals surface area contributed by atoms with Crippen LogP contribution in [0.4, 0.5) is 11.4 Å². The van der Waals surface area contributed by atoms with E-state index < -0.39 is 0 Å². The van der Waals surface area contributed by atoms with Gasteiger partial charge < -0.3 is 10.2 Å². The molecule has 2 rings (SSSR count). The standard InChI is InChI=1S/C12H15ClN2O/c1-4-9-12(16)15(3)11-7(2)8(13)5-6-10(11)14-9/h5-6,9,14H,4H2,1-3H3. The number of benzene rings is 1. The van der Waals surface area contributed by atoms with Crippen LogP contribution in [0.3, 0.4) is 0 Å². The highest BCUT2D eigenvalue weighted by atomic mass is 35.5. The first-order chi connectivity index (χ1) is 7.56. The fourth-order valence-electron chi connectivity index (χ4n) is 2.09. The van der Waals surface area contributed by atoms with Gasteiger partial charge in [0.05, 0.1) is 11.4 Å². The summed E-state index contributed by atoms with van der Waals surface area (Å²) in [6.45, 7) is 3.93. The molecule has 1 unspecified atom stereocenters. The number of rotatable bonds is 1. The highest BCUT2D eigenvalue weighted by molar-refractivity contribution is 6.32. The average Bonchev–Trinajstić information content (AvgIpc) is 2.28. The molecular formula is C12H15ClN2O. The molecule has 0 fully saturated rings. The van der Waals surface area contributed by atoms with Gasteiger partial charge >= 0.3 is 0 Å². The number of halogens is 1.